The molecule has 2 aliphatic heterocycles. The van der Waals surface area contributed by atoms with Gasteiger partial charge in [0.15, 0.2) is 0 Å². The monoisotopic (exact) mass is 826 g/mol. The molecule has 0 aliphatic carbocycles. The van der Waals surface area contributed by atoms with Gasteiger partial charge < -0.3 is 62.9 Å². The second kappa shape index (κ2) is 31.2. The summed E-state index contributed by atoms with van der Waals surface area (Å²) in [6.45, 7) is 15.4. The molecule has 4 heterocycles. The predicted molar refractivity (Wildman–Crippen MR) is 143 cm³/mol. The molecule has 4 bridgehead atoms. The van der Waals surface area contributed by atoms with Gasteiger partial charge in [-0.2, -0.15) is 0 Å². The molecule has 0 amide bonds. The van der Waals surface area contributed by atoms with Crippen molar-refractivity contribution in [3.8, 4) is 0 Å². The van der Waals surface area contributed by atoms with Crippen LogP contribution in [0.15, 0.2) is 12.1 Å². The molecule has 2 radical (unpaired) electrons. The van der Waals surface area contributed by atoms with E-state index in [2.05, 4.69) is 75.1 Å². The fourth-order valence-corrected chi connectivity index (χ4v) is 3.85. The first-order valence-corrected chi connectivity index (χ1v) is 17.2. The molecule has 286 valence electrons. The quantitative estimate of drug-likeness (QED) is 0.114. The third-order valence-electron chi connectivity index (χ3n) is 5.83. The number of aromatic nitrogens is 4. The standard InChI is InChI=1S/2C12H23N6.2ClHO4.2Cu/c2*1-2-13-4-6-15-9-11-8-12(18-17-11)10-16-7-5-14-3-1;2*2-1(3,4)5;;/h2*8,13-16H,1-7,9-10H2;2*(H,2,3,4,5);;/q2*-1;;;2*+2/p-2. The fraction of sp³-hybridized carbons (Fsp3) is 0.750. The minimum absolute atomic E-state index is 0. The van der Waals surface area contributed by atoms with Crippen LogP contribution in [0.5, 0.6) is 0 Å². The number of halogens is 2. The molecule has 0 unspecified atom stereocenters. The molecule has 0 saturated heterocycles. The molecule has 48 heavy (non-hydrogen) atoms. The first-order chi connectivity index (χ1) is 21.9. The van der Waals surface area contributed by atoms with Gasteiger partial charge in [-0.15, -0.1) is 31.9 Å². The van der Waals surface area contributed by atoms with Gasteiger partial charge in [0.2, 0.25) is 0 Å². The Morgan fingerprint density at radius 3 is 0.958 bits per heavy atom. The topological polar surface area (TPSA) is 335 Å². The van der Waals surface area contributed by atoms with Crippen LogP contribution in [0.4, 0.5) is 0 Å². The van der Waals surface area contributed by atoms with Gasteiger partial charge in [0.25, 0.3) is 0 Å². The van der Waals surface area contributed by atoms with Crippen molar-refractivity contribution < 1.29 is 91.9 Å². The minimum Gasteiger partial charge on any atom is -0.578 e. The summed E-state index contributed by atoms with van der Waals surface area (Å²) in [5.41, 5.74) is 4.10. The first kappa shape index (κ1) is 49.5. The summed E-state index contributed by atoms with van der Waals surface area (Å²) in [6.07, 6.45) is 2.35. The molecule has 2 aromatic heterocycles. The van der Waals surface area contributed by atoms with Crippen molar-refractivity contribution in [2.24, 2.45) is 0 Å². The number of fused-ring (bicyclic) bond motifs is 4. The Hall–Kier alpha value is -0.601. The summed E-state index contributed by atoms with van der Waals surface area (Å²) in [4.78, 5) is 0. The third kappa shape index (κ3) is 36.7. The Morgan fingerprint density at radius 2 is 0.667 bits per heavy atom. The van der Waals surface area contributed by atoms with Crippen molar-refractivity contribution in [3.05, 3.63) is 34.9 Å². The third-order valence-corrected chi connectivity index (χ3v) is 5.83. The Balaban J connectivity index is 0. The molecule has 20 nitrogen and oxygen atoms in total. The van der Waals surface area contributed by atoms with Crippen molar-refractivity contribution in [2.45, 2.75) is 39.0 Å². The summed E-state index contributed by atoms with van der Waals surface area (Å²) in [5, 5.41) is 43.7. The Morgan fingerprint density at radius 1 is 0.417 bits per heavy atom. The van der Waals surface area contributed by atoms with Crippen LogP contribution in [0.2, 0.25) is 0 Å². The summed E-state index contributed by atoms with van der Waals surface area (Å²) in [6, 6.07) is 4.12. The minimum atomic E-state index is -4.94. The van der Waals surface area contributed by atoms with E-state index < -0.39 is 20.5 Å². The van der Waals surface area contributed by atoms with E-state index in [1.54, 1.807) is 0 Å². The van der Waals surface area contributed by atoms with Gasteiger partial charge in [-0.1, -0.05) is 12.1 Å². The molecular weight excluding hydrogens is 782 g/mol. The van der Waals surface area contributed by atoms with Crippen LogP contribution in [-0.4, -0.2) is 88.7 Å². The number of hydrogen-bond donors (Lipinski definition) is 8. The van der Waals surface area contributed by atoms with Gasteiger partial charge in [0.1, 0.15) is 0 Å². The Labute approximate surface area is 306 Å². The van der Waals surface area contributed by atoms with Crippen molar-refractivity contribution >= 4 is 0 Å². The van der Waals surface area contributed by atoms with Crippen molar-refractivity contribution in [3.63, 3.8) is 0 Å². The van der Waals surface area contributed by atoms with E-state index >= 15 is 0 Å². The van der Waals surface area contributed by atoms with Crippen LogP contribution in [0.3, 0.4) is 0 Å². The predicted octanol–water partition coefficient (Wildman–Crippen LogP) is -11.9. The number of rotatable bonds is 0. The number of hydrogen-bond acceptors (Lipinski definition) is 18. The van der Waals surface area contributed by atoms with Crippen LogP contribution in [0, 0.1) is 20.5 Å². The molecule has 24 heteroatoms. The number of nitrogens with zero attached hydrogens (tertiary/aromatic N) is 4. The summed E-state index contributed by atoms with van der Waals surface area (Å²) >= 11 is 0. The zero-order valence-electron chi connectivity index (χ0n) is 26.3. The molecule has 0 atom stereocenters. The van der Waals surface area contributed by atoms with Gasteiger partial charge >= 0.3 is 34.1 Å². The van der Waals surface area contributed by atoms with Crippen molar-refractivity contribution in [1.29, 1.82) is 0 Å². The van der Waals surface area contributed by atoms with Crippen LogP contribution < -0.4 is 90.0 Å². The van der Waals surface area contributed by atoms with E-state index in [0.717, 1.165) is 127 Å². The van der Waals surface area contributed by atoms with Crippen molar-refractivity contribution in [1.82, 2.24) is 62.9 Å². The molecule has 0 fully saturated rings. The van der Waals surface area contributed by atoms with E-state index in [1.165, 1.54) is 12.8 Å². The van der Waals surface area contributed by atoms with E-state index in [4.69, 9.17) is 37.3 Å². The molecule has 0 spiro atoms. The molecule has 2 aliphatic rings. The Kier molecular flexibility index (Phi) is 32.1. The van der Waals surface area contributed by atoms with Crippen LogP contribution in [0.1, 0.15) is 35.6 Å². The average molecular weight is 829 g/mol. The zero-order valence-corrected chi connectivity index (χ0v) is 29.7. The summed E-state index contributed by atoms with van der Waals surface area (Å²) in [7, 11) is -9.89. The van der Waals surface area contributed by atoms with E-state index in [0.29, 0.717) is 0 Å². The molecule has 2 aromatic rings. The molecular formula is C24H46Cl2Cu2N12O8. The summed E-state index contributed by atoms with van der Waals surface area (Å²) < 4.78 is 67.9. The van der Waals surface area contributed by atoms with Crippen molar-refractivity contribution in [2.75, 3.05) is 78.5 Å². The maximum Gasteiger partial charge on any atom is 2.00 e. The van der Waals surface area contributed by atoms with Gasteiger partial charge in [-0.3, -0.25) is 0 Å². The first-order valence-electron chi connectivity index (χ1n) is 14.8. The van der Waals surface area contributed by atoms with Crippen LogP contribution in [0.25, 0.3) is 0 Å². The molecule has 8 N–H and O–H groups in total. The second-order valence-electron chi connectivity index (χ2n) is 9.82. The second-order valence-corrected chi connectivity index (χ2v) is 11.3. The van der Waals surface area contributed by atoms with E-state index in [-0.39, 0.29) is 34.1 Å². The largest absolute Gasteiger partial charge is 2.00 e. The average Bonchev–Trinajstić information content (AvgIpc) is 3.61. The number of nitrogens with one attached hydrogen (secondary N) is 8. The van der Waals surface area contributed by atoms with Crippen LogP contribution >= 0.6 is 0 Å². The van der Waals surface area contributed by atoms with Gasteiger partial charge in [-0.25, -0.2) is 37.3 Å². The normalized spacial score (nSPS) is 18.0. The zero-order chi connectivity index (χ0) is 33.9. The molecule has 0 aromatic carbocycles. The van der Waals surface area contributed by atoms with Crippen LogP contribution in [-0.2, 0) is 60.3 Å². The van der Waals surface area contributed by atoms with E-state index in [9.17, 15) is 0 Å². The smallest absolute Gasteiger partial charge is 0.578 e. The maximum absolute atomic E-state index is 8.49. The fourth-order valence-electron chi connectivity index (χ4n) is 3.85. The maximum atomic E-state index is 8.49. The molecule has 4 rings (SSSR count). The van der Waals surface area contributed by atoms with Gasteiger partial charge in [0, 0.05) is 89.9 Å². The SMILES string of the molecule is [Cu+2].[Cu+2].[O-][Cl+3]([O-])([O-])[O-].[O-][Cl+3]([O-])([O-])[O-].c1c2n[n-]c1CNCCNCCCNCCNC2.c1c2n[n-]c1CNCCNCCCNCCNC2. The van der Waals surface area contributed by atoms with Gasteiger partial charge in [0.05, 0.1) is 0 Å². The van der Waals surface area contributed by atoms with Gasteiger partial charge in [-0.05, 0) is 39.0 Å². The Bertz CT molecular complexity index is 848. The summed E-state index contributed by atoms with van der Waals surface area (Å²) in [5.74, 6) is 0. The van der Waals surface area contributed by atoms with E-state index in [1.807, 2.05) is 0 Å². The molecule has 0 saturated carbocycles.